The molecule has 7 heteroatoms. The average Bonchev–Trinajstić information content (AvgIpc) is 2.78. The highest BCUT2D eigenvalue weighted by Crippen LogP contribution is 2.31. The molecular weight excluding hydrogens is 429 g/mol. The summed E-state index contributed by atoms with van der Waals surface area (Å²) in [5.74, 6) is -0.581. The van der Waals surface area contributed by atoms with Gasteiger partial charge in [0.25, 0.3) is 5.91 Å². The van der Waals surface area contributed by atoms with E-state index >= 15 is 0 Å². The molecule has 0 atom stereocenters. The summed E-state index contributed by atoms with van der Waals surface area (Å²) in [6.45, 7) is 3.49. The summed E-state index contributed by atoms with van der Waals surface area (Å²) in [6.07, 6.45) is 0.783. The second-order valence-electron chi connectivity index (χ2n) is 7.82. The van der Waals surface area contributed by atoms with Gasteiger partial charge in [-0.15, -0.1) is 0 Å². The normalized spacial score (nSPS) is 13.9. The summed E-state index contributed by atoms with van der Waals surface area (Å²) in [5, 5.41) is 3.49. The van der Waals surface area contributed by atoms with E-state index in [1.807, 2.05) is 25.1 Å². The van der Waals surface area contributed by atoms with Crippen LogP contribution in [0.1, 0.15) is 27.9 Å². The third kappa shape index (κ3) is 4.92. The summed E-state index contributed by atoms with van der Waals surface area (Å²) in [5.41, 5.74) is 3.52. The first-order chi connectivity index (χ1) is 15.4. The highest BCUT2D eigenvalue weighted by atomic mass is 35.5. The highest BCUT2D eigenvalue weighted by Gasteiger charge is 2.28. The lowest BCUT2D eigenvalue weighted by molar-refractivity contribution is 0.102. The van der Waals surface area contributed by atoms with E-state index in [-0.39, 0.29) is 17.8 Å². The summed E-state index contributed by atoms with van der Waals surface area (Å²) in [7, 11) is 0. The zero-order valence-electron chi connectivity index (χ0n) is 17.6. The molecule has 1 saturated heterocycles. The largest absolute Gasteiger partial charge is 0.324 e. The molecule has 3 amide bonds. The van der Waals surface area contributed by atoms with Gasteiger partial charge in [0.15, 0.2) is 0 Å². The van der Waals surface area contributed by atoms with Crippen molar-refractivity contribution in [3.8, 4) is 0 Å². The lowest BCUT2D eigenvalue weighted by Gasteiger charge is -2.36. The predicted octanol–water partition coefficient (Wildman–Crippen LogP) is 5.87. The summed E-state index contributed by atoms with van der Waals surface area (Å²) in [4.78, 5) is 29.5. The number of rotatable bonds is 5. The molecule has 0 saturated carbocycles. The van der Waals surface area contributed by atoms with Crippen molar-refractivity contribution in [1.82, 2.24) is 4.90 Å². The number of anilines is 2. The Morgan fingerprint density at radius 2 is 1.75 bits per heavy atom. The van der Waals surface area contributed by atoms with Crippen molar-refractivity contribution in [2.75, 3.05) is 23.3 Å². The van der Waals surface area contributed by atoms with Crippen LogP contribution < -0.4 is 10.2 Å². The first-order valence-electron chi connectivity index (χ1n) is 10.4. The molecule has 3 aromatic rings. The van der Waals surface area contributed by atoms with Gasteiger partial charge in [-0.3, -0.25) is 9.69 Å². The second-order valence-corrected chi connectivity index (χ2v) is 8.25. The van der Waals surface area contributed by atoms with Crippen molar-refractivity contribution < 1.29 is 14.0 Å². The van der Waals surface area contributed by atoms with Gasteiger partial charge in [-0.2, -0.15) is 0 Å². The zero-order chi connectivity index (χ0) is 22.7. The quantitative estimate of drug-likeness (QED) is 0.527. The van der Waals surface area contributed by atoms with Gasteiger partial charge >= 0.3 is 6.03 Å². The van der Waals surface area contributed by atoms with E-state index in [0.29, 0.717) is 41.6 Å². The molecule has 0 spiro atoms. The molecule has 0 aliphatic carbocycles. The number of amides is 3. The first kappa shape index (κ1) is 21.8. The van der Waals surface area contributed by atoms with Gasteiger partial charge in [0.2, 0.25) is 0 Å². The lowest BCUT2D eigenvalue weighted by atomic mass is 10.1. The fourth-order valence-corrected chi connectivity index (χ4v) is 3.87. The van der Waals surface area contributed by atoms with Gasteiger partial charge in [-0.05, 0) is 73.0 Å². The van der Waals surface area contributed by atoms with Gasteiger partial charge in [0, 0.05) is 30.2 Å². The fourth-order valence-electron chi connectivity index (χ4n) is 3.74. The fraction of sp³-hybridized carbons (Fsp3) is 0.200. The van der Waals surface area contributed by atoms with E-state index in [1.54, 1.807) is 46.2 Å². The smallest absolute Gasteiger partial charge is 0.320 e. The number of benzene rings is 3. The molecule has 0 radical (unpaired) electrons. The van der Waals surface area contributed by atoms with Gasteiger partial charge in [-0.1, -0.05) is 29.8 Å². The molecule has 32 heavy (non-hydrogen) atoms. The van der Waals surface area contributed by atoms with Gasteiger partial charge in [-0.25, -0.2) is 9.18 Å². The predicted molar refractivity (Wildman–Crippen MR) is 125 cm³/mol. The maximum absolute atomic E-state index is 13.3. The standard InChI is InChI=1S/C25H23ClFN3O2/c1-17-3-12-23(22(15-17)28-24(31)19-6-8-20(26)9-7-19)30-14-2-13-29(25(30)32)16-18-4-10-21(27)11-5-18/h3-12,15H,2,13-14,16H2,1H3,(H,28,31). The average molecular weight is 452 g/mol. The number of nitrogens with one attached hydrogen (secondary N) is 1. The van der Waals surface area contributed by atoms with Gasteiger partial charge < -0.3 is 10.2 Å². The minimum atomic E-state index is -0.305. The minimum Gasteiger partial charge on any atom is -0.320 e. The number of carbonyl (C=O) groups excluding carboxylic acids is 2. The Morgan fingerprint density at radius 3 is 2.47 bits per heavy atom. The summed E-state index contributed by atoms with van der Waals surface area (Å²) < 4.78 is 13.2. The van der Waals surface area contributed by atoms with Crippen molar-refractivity contribution in [3.05, 3.63) is 94.3 Å². The summed E-state index contributed by atoms with van der Waals surface area (Å²) >= 11 is 5.92. The van der Waals surface area contributed by atoms with Crippen LogP contribution in [0.25, 0.3) is 0 Å². The second kappa shape index (κ2) is 9.40. The monoisotopic (exact) mass is 451 g/mol. The van der Waals surface area contributed by atoms with Gasteiger partial charge in [0.1, 0.15) is 5.82 Å². The maximum Gasteiger partial charge on any atom is 0.324 e. The highest BCUT2D eigenvalue weighted by molar-refractivity contribution is 6.30. The Hall–Kier alpha value is -3.38. The van der Waals surface area contributed by atoms with Crippen molar-refractivity contribution in [2.45, 2.75) is 19.9 Å². The number of urea groups is 1. The molecule has 1 fully saturated rings. The lowest BCUT2D eigenvalue weighted by Crippen LogP contribution is -2.49. The van der Waals surface area contributed by atoms with Crippen LogP contribution in [0.15, 0.2) is 66.7 Å². The van der Waals surface area contributed by atoms with Crippen LogP contribution in [0, 0.1) is 12.7 Å². The number of hydrogen-bond acceptors (Lipinski definition) is 2. The molecule has 0 unspecified atom stereocenters. The van der Waals surface area contributed by atoms with Crippen LogP contribution in [-0.2, 0) is 6.54 Å². The number of aryl methyl sites for hydroxylation is 1. The topological polar surface area (TPSA) is 52.6 Å². The van der Waals surface area contributed by atoms with Crippen LogP contribution in [0.2, 0.25) is 5.02 Å². The molecular formula is C25H23ClFN3O2. The third-order valence-corrected chi connectivity index (χ3v) is 5.65. The van der Waals surface area contributed by atoms with Crippen molar-refractivity contribution in [3.63, 3.8) is 0 Å². The molecule has 1 N–H and O–H groups in total. The molecule has 0 bridgehead atoms. The minimum absolute atomic E-state index is 0.147. The molecule has 1 heterocycles. The van der Waals surface area contributed by atoms with E-state index in [9.17, 15) is 14.0 Å². The molecule has 3 aromatic carbocycles. The van der Waals surface area contributed by atoms with Crippen LogP contribution in [-0.4, -0.2) is 29.9 Å². The van der Waals surface area contributed by atoms with E-state index < -0.39 is 0 Å². The van der Waals surface area contributed by atoms with Crippen molar-refractivity contribution in [2.24, 2.45) is 0 Å². The van der Waals surface area contributed by atoms with E-state index in [4.69, 9.17) is 11.6 Å². The third-order valence-electron chi connectivity index (χ3n) is 5.40. The zero-order valence-corrected chi connectivity index (χ0v) is 18.4. The van der Waals surface area contributed by atoms with E-state index in [1.165, 1.54) is 12.1 Å². The van der Waals surface area contributed by atoms with Crippen LogP contribution >= 0.6 is 11.6 Å². The SMILES string of the molecule is Cc1ccc(N2CCCN(Cc3ccc(F)cc3)C2=O)c(NC(=O)c2ccc(Cl)cc2)c1. The first-order valence-corrected chi connectivity index (χ1v) is 10.8. The van der Waals surface area contributed by atoms with Crippen LogP contribution in [0.4, 0.5) is 20.6 Å². The maximum atomic E-state index is 13.3. The Balaban J connectivity index is 1.56. The molecule has 0 aromatic heterocycles. The Bertz CT molecular complexity index is 1130. The molecule has 1 aliphatic heterocycles. The Labute approximate surface area is 191 Å². The van der Waals surface area contributed by atoms with Crippen LogP contribution in [0.3, 0.4) is 0 Å². The van der Waals surface area contributed by atoms with E-state index in [2.05, 4.69) is 5.32 Å². The Kier molecular flexibility index (Phi) is 6.42. The Morgan fingerprint density at radius 1 is 1.03 bits per heavy atom. The molecule has 4 rings (SSSR count). The van der Waals surface area contributed by atoms with Crippen LogP contribution in [0.5, 0.6) is 0 Å². The molecule has 1 aliphatic rings. The molecule has 164 valence electrons. The van der Waals surface area contributed by atoms with Gasteiger partial charge in [0.05, 0.1) is 11.4 Å². The summed E-state index contributed by atoms with van der Waals surface area (Å²) in [6, 6.07) is 18.3. The van der Waals surface area contributed by atoms with E-state index in [0.717, 1.165) is 17.5 Å². The van der Waals surface area contributed by atoms with Crippen molar-refractivity contribution in [1.29, 1.82) is 0 Å². The number of halogens is 2. The van der Waals surface area contributed by atoms with Crippen molar-refractivity contribution >= 4 is 34.9 Å². The number of hydrogen-bond donors (Lipinski definition) is 1. The number of nitrogens with zero attached hydrogens (tertiary/aromatic N) is 2. The molecule has 5 nitrogen and oxygen atoms in total. The number of carbonyl (C=O) groups is 2.